The smallest absolute Gasteiger partial charge is 0.387 e. The predicted octanol–water partition coefficient (Wildman–Crippen LogP) is 4.08. The van der Waals surface area contributed by atoms with Crippen molar-refractivity contribution < 1.29 is 31.9 Å². The van der Waals surface area contributed by atoms with Crippen molar-refractivity contribution >= 4 is 23.5 Å². The first kappa shape index (κ1) is 25.4. The molecule has 2 aliphatic rings. The quantitative estimate of drug-likeness (QED) is 0.595. The molecule has 1 aliphatic heterocycles. The molecule has 0 spiro atoms. The molecule has 0 unspecified atom stereocenters. The highest BCUT2D eigenvalue weighted by molar-refractivity contribution is 6.34. The van der Waals surface area contributed by atoms with Crippen LogP contribution in [0.5, 0.6) is 0 Å². The Morgan fingerprint density at radius 1 is 1.31 bits per heavy atom. The van der Waals surface area contributed by atoms with Gasteiger partial charge in [-0.05, 0) is 18.9 Å². The largest absolute Gasteiger partial charge is 0.408 e. The van der Waals surface area contributed by atoms with E-state index in [-0.39, 0.29) is 30.2 Å². The Bertz CT molecular complexity index is 1170. The van der Waals surface area contributed by atoms with Crippen LogP contribution in [0.2, 0.25) is 5.02 Å². The number of benzene rings is 1. The number of nitrogens with zero attached hydrogens (tertiary/aromatic N) is 4. The summed E-state index contributed by atoms with van der Waals surface area (Å²) in [5.74, 6) is -3.86. The predicted molar refractivity (Wildman–Crippen MR) is 118 cm³/mol. The van der Waals surface area contributed by atoms with Gasteiger partial charge in [-0.15, -0.1) is 0 Å². The molecule has 13 heteroatoms. The molecule has 4 rings (SSSR count). The Kier molecular flexibility index (Phi) is 6.33. The molecule has 1 aromatic heterocycles. The van der Waals surface area contributed by atoms with Crippen LogP contribution >= 0.6 is 11.6 Å². The van der Waals surface area contributed by atoms with Gasteiger partial charge in [0, 0.05) is 36.2 Å². The van der Waals surface area contributed by atoms with Crippen LogP contribution in [-0.4, -0.2) is 55.9 Å². The second kappa shape index (κ2) is 8.74. The van der Waals surface area contributed by atoms with Gasteiger partial charge in [0.15, 0.2) is 5.96 Å². The fourth-order valence-electron chi connectivity index (χ4n) is 4.65. The van der Waals surface area contributed by atoms with Gasteiger partial charge >= 0.3 is 6.18 Å². The van der Waals surface area contributed by atoms with Crippen LogP contribution in [0, 0.1) is 0 Å². The number of carbonyl (C=O) groups is 1. The van der Waals surface area contributed by atoms with Gasteiger partial charge in [-0.3, -0.25) is 14.4 Å². The van der Waals surface area contributed by atoms with Crippen molar-refractivity contribution in [1.29, 1.82) is 0 Å². The van der Waals surface area contributed by atoms with Crippen molar-refractivity contribution in [2.45, 2.75) is 68.9 Å². The molecule has 0 bridgehead atoms. The molecule has 2 aromatic rings. The van der Waals surface area contributed by atoms with Gasteiger partial charge in [0.1, 0.15) is 12.6 Å². The number of aliphatic imine (C=N–C) groups is 1. The molecule has 35 heavy (non-hydrogen) atoms. The lowest BCUT2D eigenvalue weighted by atomic mass is 9.84. The first-order valence-corrected chi connectivity index (χ1v) is 11.2. The first-order valence-electron chi connectivity index (χ1n) is 10.8. The van der Waals surface area contributed by atoms with Crippen LogP contribution in [0.4, 0.5) is 22.0 Å². The number of alkyl halides is 5. The second-order valence-corrected chi connectivity index (χ2v) is 9.48. The summed E-state index contributed by atoms with van der Waals surface area (Å²) >= 11 is 6.63. The Balaban J connectivity index is 1.63. The number of aromatic nitrogens is 2. The van der Waals surface area contributed by atoms with Gasteiger partial charge in [0.2, 0.25) is 5.91 Å². The van der Waals surface area contributed by atoms with E-state index in [2.05, 4.69) is 10.1 Å². The van der Waals surface area contributed by atoms with Crippen LogP contribution in [0.3, 0.4) is 0 Å². The maximum Gasteiger partial charge on any atom is 0.408 e. The number of hydrogen-bond acceptors (Lipinski definition) is 5. The lowest BCUT2D eigenvalue weighted by Crippen LogP contribution is -2.57. The molecule has 1 fully saturated rings. The van der Waals surface area contributed by atoms with Crippen LogP contribution in [0.25, 0.3) is 11.1 Å². The van der Waals surface area contributed by atoms with Gasteiger partial charge in [-0.25, -0.2) is 13.8 Å². The molecule has 1 aliphatic carbocycles. The number of rotatable bonds is 4. The number of nitrogens with two attached hydrogens (primary N) is 1. The van der Waals surface area contributed by atoms with Gasteiger partial charge in [0.25, 0.3) is 5.92 Å². The molecule has 0 saturated heterocycles. The van der Waals surface area contributed by atoms with Crippen molar-refractivity contribution in [3.8, 4) is 11.1 Å². The highest BCUT2D eigenvalue weighted by Gasteiger charge is 2.48. The molecular weight excluding hydrogens is 497 g/mol. The highest BCUT2D eigenvalue weighted by atomic mass is 35.5. The molecule has 0 radical (unpaired) electrons. The van der Waals surface area contributed by atoms with E-state index in [4.69, 9.17) is 17.3 Å². The summed E-state index contributed by atoms with van der Waals surface area (Å²) in [4.78, 5) is 18.7. The van der Waals surface area contributed by atoms with E-state index in [9.17, 15) is 31.9 Å². The zero-order valence-electron chi connectivity index (χ0n) is 18.6. The standard InChI is InChI=1S/C22H23ClF5N5O2/c1-20(8-17(35)33(19(29)31-20)13-5-6-21(24,25)16(34)7-13)15-4-2-3-14(18(15)23)12-9-30-32(10-12)11-22(26,27)28/h2-4,9-10,13,16,34H,5-8,11H2,1H3,(H2,29,31)/t13-,16-,20+/m1/s1. The van der Waals surface area contributed by atoms with Crippen LogP contribution < -0.4 is 5.73 Å². The van der Waals surface area contributed by atoms with E-state index in [1.54, 1.807) is 25.1 Å². The summed E-state index contributed by atoms with van der Waals surface area (Å²) < 4.78 is 66.2. The molecule has 1 aromatic carbocycles. The number of amides is 1. The molecule has 1 saturated carbocycles. The van der Waals surface area contributed by atoms with Crippen molar-refractivity contribution in [3.63, 3.8) is 0 Å². The van der Waals surface area contributed by atoms with Gasteiger partial charge in [-0.1, -0.05) is 29.8 Å². The summed E-state index contributed by atoms with van der Waals surface area (Å²) in [6, 6.07) is 4.16. The number of aliphatic hydroxyl groups excluding tert-OH is 1. The minimum Gasteiger partial charge on any atom is -0.387 e. The summed E-state index contributed by atoms with van der Waals surface area (Å²) in [6.07, 6.45) is -4.97. The third kappa shape index (κ3) is 4.99. The summed E-state index contributed by atoms with van der Waals surface area (Å²) in [5, 5.41) is 13.7. The molecule has 190 valence electrons. The van der Waals surface area contributed by atoms with E-state index in [0.717, 1.165) is 9.58 Å². The number of hydrogen-bond donors (Lipinski definition) is 2. The molecule has 3 atom stereocenters. The second-order valence-electron chi connectivity index (χ2n) is 9.10. The third-order valence-corrected chi connectivity index (χ3v) is 6.80. The molecule has 2 heterocycles. The van der Waals surface area contributed by atoms with E-state index in [1.165, 1.54) is 12.4 Å². The normalized spacial score (nSPS) is 27.1. The van der Waals surface area contributed by atoms with Crippen molar-refractivity contribution in [2.24, 2.45) is 10.7 Å². The Morgan fingerprint density at radius 3 is 2.66 bits per heavy atom. The maximum atomic E-state index is 13.7. The molecule has 7 nitrogen and oxygen atoms in total. The van der Waals surface area contributed by atoms with Crippen molar-refractivity contribution in [3.05, 3.63) is 41.2 Å². The average molecular weight is 520 g/mol. The van der Waals surface area contributed by atoms with E-state index in [1.807, 2.05) is 0 Å². The first-order chi connectivity index (χ1) is 16.2. The zero-order chi connectivity index (χ0) is 25.8. The highest BCUT2D eigenvalue weighted by Crippen LogP contribution is 2.43. The summed E-state index contributed by atoms with van der Waals surface area (Å²) in [6.45, 7) is 0.381. The van der Waals surface area contributed by atoms with E-state index < -0.39 is 48.7 Å². The lowest BCUT2D eigenvalue weighted by molar-refractivity contribution is -0.151. The number of carbonyl (C=O) groups excluding carboxylic acids is 1. The van der Waals surface area contributed by atoms with Gasteiger partial charge in [-0.2, -0.15) is 18.3 Å². The van der Waals surface area contributed by atoms with E-state index in [0.29, 0.717) is 16.7 Å². The average Bonchev–Trinajstić information content (AvgIpc) is 3.16. The molecule has 1 amide bonds. The third-order valence-electron chi connectivity index (χ3n) is 6.40. The van der Waals surface area contributed by atoms with Crippen LogP contribution in [0.15, 0.2) is 35.6 Å². The fourth-order valence-corrected chi connectivity index (χ4v) is 5.09. The Hall–Kier alpha value is -2.73. The molecule has 3 N–H and O–H groups in total. The van der Waals surface area contributed by atoms with Crippen molar-refractivity contribution in [2.75, 3.05) is 0 Å². The Morgan fingerprint density at radius 2 is 2.03 bits per heavy atom. The number of aliphatic hydroxyl groups is 1. The minimum atomic E-state index is -4.44. The van der Waals surface area contributed by atoms with E-state index >= 15 is 0 Å². The topological polar surface area (TPSA) is 96.7 Å². The maximum absolute atomic E-state index is 13.7. The van der Waals surface area contributed by atoms with Crippen LogP contribution in [-0.2, 0) is 16.9 Å². The van der Waals surface area contributed by atoms with Crippen molar-refractivity contribution in [1.82, 2.24) is 14.7 Å². The number of halogens is 6. The minimum absolute atomic E-state index is 0.0408. The fraction of sp³-hybridized carbons (Fsp3) is 0.500. The summed E-state index contributed by atoms with van der Waals surface area (Å²) in [7, 11) is 0. The lowest BCUT2D eigenvalue weighted by Gasteiger charge is -2.43. The van der Waals surface area contributed by atoms with Gasteiger partial charge in [0.05, 0.1) is 23.2 Å². The van der Waals surface area contributed by atoms with Gasteiger partial charge < -0.3 is 10.8 Å². The SMILES string of the molecule is C[C@@]1(c2cccc(-c3cnn(CC(F)(F)F)c3)c2Cl)CC(=O)N([C@@H]2CCC(F)(F)[C@H](O)C2)C(N)=N1. The molecular formula is C22H23ClF5N5O2. The summed E-state index contributed by atoms with van der Waals surface area (Å²) in [5.41, 5.74) is 6.08. The number of guanidine groups is 1. The Labute approximate surface area is 202 Å². The zero-order valence-corrected chi connectivity index (χ0v) is 19.3. The monoisotopic (exact) mass is 519 g/mol. The van der Waals surface area contributed by atoms with Crippen LogP contribution in [0.1, 0.15) is 38.2 Å².